The van der Waals surface area contributed by atoms with Crippen LogP contribution in [0.2, 0.25) is 0 Å². The van der Waals surface area contributed by atoms with E-state index >= 15 is 0 Å². The number of aromatic nitrogens is 1. The molecule has 12 nitrogen and oxygen atoms in total. The van der Waals surface area contributed by atoms with Crippen LogP contribution < -0.4 is 26.4 Å². The minimum absolute atomic E-state index is 0.230. The number of benzene rings is 3. The Balaban J connectivity index is 1.30. The molecule has 260 valence electrons. The van der Waals surface area contributed by atoms with Gasteiger partial charge in [-0.2, -0.15) is 0 Å². The van der Waals surface area contributed by atoms with Crippen LogP contribution in [0.5, 0.6) is 5.75 Å². The highest BCUT2D eigenvalue weighted by Crippen LogP contribution is 2.32. The summed E-state index contributed by atoms with van der Waals surface area (Å²) < 4.78 is 16.8. The lowest BCUT2D eigenvalue weighted by molar-refractivity contribution is -0.138. The fourth-order valence-electron chi connectivity index (χ4n) is 5.15. The van der Waals surface area contributed by atoms with Gasteiger partial charge in [0.1, 0.15) is 18.2 Å². The zero-order valence-corrected chi connectivity index (χ0v) is 27.8. The summed E-state index contributed by atoms with van der Waals surface area (Å²) in [4.78, 5) is 40.9. The van der Waals surface area contributed by atoms with Gasteiger partial charge < -0.3 is 41.0 Å². The summed E-state index contributed by atoms with van der Waals surface area (Å²) in [5, 5.41) is 20.1. The smallest absolute Gasteiger partial charge is 0.305 e. The number of nitrogens with two attached hydrogens (primary N) is 1. The molecule has 0 fully saturated rings. The number of aryl methyl sites for hydroxylation is 1. The molecule has 12 heteroatoms. The standard InChI is InChI=1S/C37H45N5O7/c1-26-13-16-40-34(22-26)39-15-3-6-35(43)41-25-36(44)42-33(24-37(45)46)29-9-7-28(8-10-29)31-5-2-4-27-11-12-30(23-32(27)31)49-21-20-48-19-18-47-17-14-38/h2,4-5,7-13,16,22-23,33H,3,6,14-15,17-21,24-25,38H2,1H3,(H,39,40)(H,41,43)(H,42,44)(H,45,46)/t33-/m0/s1. The molecular formula is C37H45N5O7. The molecule has 6 N–H and O–H groups in total. The molecule has 49 heavy (non-hydrogen) atoms. The topological polar surface area (TPSA) is 174 Å². The zero-order valence-electron chi connectivity index (χ0n) is 27.8. The van der Waals surface area contributed by atoms with E-state index in [0.717, 1.165) is 33.3 Å². The fraction of sp³-hybridized carbons (Fsp3) is 0.351. The molecule has 1 aromatic heterocycles. The molecule has 4 aromatic rings. The zero-order chi connectivity index (χ0) is 34.8. The molecule has 0 aliphatic heterocycles. The third-order valence-corrected chi connectivity index (χ3v) is 7.57. The Labute approximate surface area is 286 Å². The number of ether oxygens (including phenoxy) is 3. The molecule has 0 unspecified atom stereocenters. The maximum Gasteiger partial charge on any atom is 0.305 e. The number of carboxylic acid groups (broad SMARTS) is 1. The number of pyridine rings is 1. The van der Waals surface area contributed by atoms with Crippen molar-refractivity contribution in [2.75, 3.05) is 58.0 Å². The number of carboxylic acids is 1. The molecule has 3 aromatic carbocycles. The molecule has 0 aliphatic rings. The van der Waals surface area contributed by atoms with Crippen molar-refractivity contribution >= 4 is 34.4 Å². The summed E-state index contributed by atoms with van der Waals surface area (Å²) in [6, 6.07) is 22.4. The third-order valence-electron chi connectivity index (χ3n) is 7.57. The van der Waals surface area contributed by atoms with Gasteiger partial charge in [0.05, 0.1) is 45.4 Å². The number of fused-ring (bicyclic) bond motifs is 1. The first-order chi connectivity index (χ1) is 23.8. The molecule has 0 radical (unpaired) electrons. The van der Waals surface area contributed by atoms with Gasteiger partial charge in [0.25, 0.3) is 0 Å². The molecule has 0 saturated carbocycles. The minimum atomic E-state index is -1.05. The lowest BCUT2D eigenvalue weighted by Crippen LogP contribution is -2.39. The van der Waals surface area contributed by atoms with E-state index in [4.69, 9.17) is 19.9 Å². The van der Waals surface area contributed by atoms with E-state index in [1.807, 2.05) is 79.7 Å². The maximum absolute atomic E-state index is 12.7. The number of aliphatic carboxylic acids is 1. The van der Waals surface area contributed by atoms with Crippen LogP contribution in [-0.4, -0.2) is 80.5 Å². The predicted octanol–water partition coefficient (Wildman–Crippen LogP) is 4.22. The van der Waals surface area contributed by atoms with E-state index in [-0.39, 0.29) is 25.3 Å². The minimum Gasteiger partial charge on any atom is -0.491 e. The second-order valence-electron chi connectivity index (χ2n) is 11.4. The number of carbonyl (C=O) groups excluding carboxylic acids is 2. The van der Waals surface area contributed by atoms with E-state index in [1.165, 1.54) is 0 Å². The fourth-order valence-corrected chi connectivity index (χ4v) is 5.15. The van der Waals surface area contributed by atoms with Gasteiger partial charge >= 0.3 is 5.97 Å². The summed E-state index contributed by atoms with van der Waals surface area (Å²) in [7, 11) is 0. The van der Waals surface area contributed by atoms with Crippen LogP contribution in [0.25, 0.3) is 21.9 Å². The van der Waals surface area contributed by atoms with Crippen molar-refractivity contribution in [2.45, 2.75) is 32.2 Å². The van der Waals surface area contributed by atoms with E-state index in [1.54, 1.807) is 6.20 Å². The number of hydrogen-bond donors (Lipinski definition) is 5. The number of carbonyl (C=O) groups is 3. The first kappa shape index (κ1) is 36.8. The molecule has 1 heterocycles. The van der Waals surface area contributed by atoms with Gasteiger partial charge in [0, 0.05) is 25.7 Å². The van der Waals surface area contributed by atoms with Crippen molar-refractivity contribution in [1.82, 2.24) is 15.6 Å². The van der Waals surface area contributed by atoms with E-state index in [9.17, 15) is 19.5 Å². The highest BCUT2D eigenvalue weighted by Gasteiger charge is 2.19. The maximum atomic E-state index is 12.7. The molecule has 2 amide bonds. The number of rotatable bonds is 21. The summed E-state index contributed by atoms with van der Waals surface area (Å²) in [5.41, 5.74) is 9.03. The largest absolute Gasteiger partial charge is 0.491 e. The Kier molecular flexibility index (Phi) is 14.8. The molecule has 0 spiro atoms. The lowest BCUT2D eigenvalue weighted by Gasteiger charge is -2.18. The van der Waals surface area contributed by atoms with Crippen LogP contribution in [0.15, 0.2) is 79.0 Å². The summed E-state index contributed by atoms with van der Waals surface area (Å²) in [6.45, 7) is 5.06. The molecule has 4 rings (SSSR count). The average molecular weight is 672 g/mol. The first-order valence-corrected chi connectivity index (χ1v) is 16.4. The monoisotopic (exact) mass is 671 g/mol. The van der Waals surface area contributed by atoms with Gasteiger partial charge in [0.2, 0.25) is 11.8 Å². The molecule has 0 bridgehead atoms. The van der Waals surface area contributed by atoms with Crippen LogP contribution in [0, 0.1) is 6.92 Å². The first-order valence-electron chi connectivity index (χ1n) is 16.4. The van der Waals surface area contributed by atoms with Crippen LogP contribution in [0.1, 0.15) is 36.4 Å². The number of hydrogen-bond acceptors (Lipinski definition) is 9. The van der Waals surface area contributed by atoms with Crippen molar-refractivity contribution in [3.05, 3.63) is 90.1 Å². The average Bonchev–Trinajstić information content (AvgIpc) is 3.10. The summed E-state index contributed by atoms with van der Waals surface area (Å²) >= 11 is 0. The number of amides is 2. The number of anilines is 1. The SMILES string of the molecule is Cc1ccnc(NCCCC(=O)NCC(=O)N[C@@H](CC(=O)O)c2ccc(-c3cccc4ccc(OCCOCCOCCN)cc34)cc2)c1. The van der Waals surface area contributed by atoms with Gasteiger partial charge in [-0.1, -0.05) is 48.5 Å². The number of nitrogens with zero attached hydrogens (tertiary/aromatic N) is 1. The van der Waals surface area contributed by atoms with Crippen LogP contribution >= 0.6 is 0 Å². The Morgan fingerprint density at radius 2 is 1.67 bits per heavy atom. The third kappa shape index (κ3) is 12.5. The van der Waals surface area contributed by atoms with Crippen molar-refractivity contribution in [2.24, 2.45) is 5.73 Å². The van der Waals surface area contributed by atoms with Crippen LogP contribution in [-0.2, 0) is 23.9 Å². The number of nitrogens with one attached hydrogen (secondary N) is 3. The summed E-state index contributed by atoms with van der Waals surface area (Å²) in [6.07, 6.45) is 2.20. The van der Waals surface area contributed by atoms with Gasteiger partial charge in [0.15, 0.2) is 0 Å². The molecule has 0 saturated heterocycles. The van der Waals surface area contributed by atoms with E-state index in [2.05, 4.69) is 20.9 Å². The quantitative estimate of drug-likeness (QED) is 0.0807. The normalized spacial score (nSPS) is 11.6. The van der Waals surface area contributed by atoms with Gasteiger partial charge in [-0.15, -0.1) is 0 Å². The summed E-state index contributed by atoms with van der Waals surface area (Å²) in [5.74, 6) is -0.340. The second kappa shape index (κ2) is 19.7. The van der Waals surface area contributed by atoms with Gasteiger partial charge in [-0.05, 0) is 70.6 Å². The van der Waals surface area contributed by atoms with Gasteiger partial charge in [-0.25, -0.2) is 4.98 Å². The molecule has 1 atom stereocenters. The Morgan fingerprint density at radius 1 is 0.898 bits per heavy atom. The van der Waals surface area contributed by atoms with Crippen molar-refractivity contribution < 1.29 is 33.7 Å². The van der Waals surface area contributed by atoms with E-state index < -0.39 is 17.9 Å². The van der Waals surface area contributed by atoms with Crippen LogP contribution in [0.4, 0.5) is 5.82 Å². The van der Waals surface area contributed by atoms with Crippen molar-refractivity contribution in [1.29, 1.82) is 0 Å². The van der Waals surface area contributed by atoms with E-state index in [0.29, 0.717) is 63.9 Å². The Bertz CT molecular complexity index is 1670. The Morgan fingerprint density at radius 3 is 2.43 bits per heavy atom. The second-order valence-corrected chi connectivity index (χ2v) is 11.4. The van der Waals surface area contributed by atoms with Crippen molar-refractivity contribution in [3.8, 4) is 16.9 Å². The lowest BCUT2D eigenvalue weighted by atomic mass is 9.95. The van der Waals surface area contributed by atoms with Crippen LogP contribution in [0.3, 0.4) is 0 Å². The highest BCUT2D eigenvalue weighted by molar-refractivity contribution is 5.97. The molecular weight excluding hydrogens is 626 g/mol. The highest BCUT2D eigenvalue weighted by atomic mass is 16.5. The predicted molar refractivity (Wildman–Crippen MR) is 188 cm³/mol. The van der Waals surface area contributed by atoms with Gasteiger partial charge in [-0.3, -0.25) is 14.4 Å². The van der Waals surface area contributed by atoms with Crippen molar-refractivity contribution in [3.63, 3.8) is 0 Å². The molecule has 0 aliphatic carbocycles. The Hall–Kier alpha value is -5.04.